The maximum absolute atomic E-state index is 13.7. The Bertz CT molecular complexity index is 845. The molecule has 0 radical (unpaired) electrons. The third-order valence-electron chi connectivity index (χ3n) is 3.87. The minimum absolute atomic E-state index is 0.141. The third-order valence-corrected chi connectivity index (χ3v) is 3.87. The Kier molecular flexibility index (Phi) is 5.99. The first kappa shape index (κ1) is 17.7. The van der Waals surface area contributed by atoms with E-state index in [0.29, 0.717) is 25.9 Å². The second-order valence-corrected chi connectivity index (χ2v) is 5.75. The van der Waals surface area contributed by atoms with Gasteiger partial charge in [0.15, 0.2) is 11.6 Å². The molecule has 0 bridgehead atoms. The zero-order chi connectivity index (χ0) is 18.2. The summed E-state index contributed by atoms with van der Waals surface area (Å²) >= 11 is 0. The molecule has 0 aromatic heterocycles. The fourth-order valence-corrected chi connectivity index (χ4v) is 2.51. The smallest absolute Gasteiger partial charge is 0.165 e. The van der Waals surface area contributed by atoms with E-state index in [9.17, 15) is 9.18 Å². The summed E-state index contributed by atoms with van der Waals surface area (Å²) in [5.74, 6) is 0.390. The lowest BCUT2D eigenvalue weighted by Gasteiger charge is -2.09. The predicted molar refractivity (Wildman–Crippen MR) is 99.3 cm³/mol. The number of halogens is 1. The van der Waals surface area contributed by atoms with Crippen LogP contribution in [0.1, 0.15) is 16.8 Å². The molecule has 0 aliphatic heterocycles. The first-order valence-corrected chi connectivity index (χ1v) is 8.42. The minimum Gasteiger partial charge on any atom is -0.493 e. The molecule has 0 aliphatic rings. The van der Waals surface area contributed by atoms with Gasteiger partial charge in [-0.1, -0.05) is 42.5 Å². The lowest BCUT2D eigenvalue weighted by Crippen LogP contribution is -2.06. The molecular weight excluding hydrogens is 331 g/mol. The molecule has 0 saturated carbocycles. The second kappa shape index (κ2) is 8.81. The van der Waals surface area contributed by atoms with Crippen LogP contribution in [-0.4, -0.2) is 19.5 Å². The first-order chi connectivity index (χ1) is 12.8. The van der Waals surface area contributed by atoms with E-state index in [2.05, 4.69) is 12.1 Å². The molecule has 3 aromatic carbocycles. The SMILES string of the molecule is O=Cc1ccc(OCCCOc2ccc(-c3ccccc3)cc2)c(F)c1. The number of carbonyl (C=O) groups excluding carboxylic acids is 1. The summed E-state index contributed by atoms with van der Waals surface area (Å²) in [7, 11) is 0. The van der Waals surface area contributed by atoms with Gasteiger partial charge in [0, 0.05) is 12.0 Å². The van der Waals surface area contributed by atoms with Gasteiger partial charge in [-0.15, -0.1) is 0 Å². The van der Waals surface area contributed by atoms with Crippen molar-refractivity contribution in [2.75, 3.05) is 13.2 Å². The Morgan fingerprint density at radius 3 is 2.19 bits per heavy atom. The highest BCUT2D eigenvalue weighted by Gasteiger charge is 2.04. The highest BCUT2D eigenvalue weighted by Crippen LogP contribution is 2.22. The Labute approximate surface area is 152 Å². The molecule has 3 nitrogen and oxygen atoms in total. The molecule has 0 saturated heterocycles. The van der Waals surface area contributed by atoms with E-state index in [1.807, 2.05) is 42.5 Å². The minimum atomic E-state index is -0.535. The fraction of sp³-hybridized carbons (Fsp3) is 0.136. The van der Waals surface area contributed by atoms with Crippen LogP contribution in [-0.2, 0) is 0 Å². The number of carbonyl (C=O) groups is 1. The quantitative estimate of drug-likeness (QED) is 0.416. The third kappa shape index (κ3) is 4.70. The summed E-state index contributed by atoms with van der Waals surface area (Å²) in [5.41, 5.74) is 2.59. The topological polar surface area (TPSA) is 35.5 Å². The zero-order valence-corrected chi connectivity index (χ0v) is 14.2. The van der Waals surface area contributed by atoms with Crippen LogP contribution in [0.25, 0.3) is 11.1 Å². The number of benzene rings is 3. The lowest BCUT2D eigenvalue weighted by atomic mass is 10.1. The van der Waals surface area contributed by atoms with Crippen LogP contribution in [0.2, 0.25) is 0 Å². The lowest BCUT2D eigenvalue weighted by molar-refractivity contribution is 0.112. The van der Waals surface area contributed by atoms with E-state index >= 15 is 0 Å². The maximum Gasteiger partial charge on any atom is 0.165 e. The Morgan fingerprint density at radius 2 is 1.50 bits per heavy atom. The van der Waals surface area contributed by atoms with Gasteiger partial charge in [0.1, 0.15) is 12.0 Å². The summed E-state index contributed by atoms with van der Waals surface area (Å²) in [5, 5.41) is 0. The number of hydrogen-bond acceptors (Lipinski definition) is 3. The van der Waals surface area contributed by atoms with Crippen molar-refractivity contribution in [2.24, 2.45) is 0 Å². The first-order valence-electron chi connectivity index (χ1n) is 8.42. The van der Waals surface area contributed by atoms with Crippen molar-refractivity contribution in [1.82, 2.24) is 0 Å². The summed E-state index contributed by atoms with van der Waals surface area (Å²) in [6, 6.07) is 22.2. The van der Waals surface area contributed by atoms with Crippen molar-refractivity contribution in [3.63, 3.8) is 0 Å². The Hall–Kier alpha value is -3.14. The van der Waals surface area contributed by atoms with Crippen molar-refractivity contribution >= 4 is 6.29 Å². The number of rotatable bonds is 8. The van der Waals surface area contributed by atoms with Crippen LogP contribution in [0.3, 0.4) is 0 Å². The molecule has 3 aromatic rings. The average molecular weight is 350 g/mol. The monoisotopic (exact) mass is 350 g/mol. The van der Waals surface area contributed by atoms with Gasteiger partial charge in [0.05, 0.1) is 13.2 Å². The molecule has 132 valence electrons. The second-order valence-electron chi connectivity index (χ2n) is 5.75. The van der Waals surface area contributed by atoms with E-state index in [1.54, 1.807) is 0 Å². The number of ether oxygens (including phenoxy) is 2. The molecule has 0 atom stereocenters. The van der Waals surface area contributed by atoms with E-state index in [1.165, 1.54) is 12.1 Å². The van der Waals surface area contributed by atoms with E-state index < -0.39 is 5.82 Å². The molecule has 4 heteroatoms. The highest BCUT2D eigenvalue weighted by molar-refractivity contribution is 5.75. The molecule has 0 aliphatic carbocycles. The number of aldehydes is 1. The fourth-order valence-electron chi connectivity index (χ4n) is 2.51. The van der Waals surface area contributed by atoms with Gasteiger partial charge >= 0.3 is 0 Å². The van der Waals surface area contributed by atoms with Gasteiger partial charge in [-0.3, -0.25) is 4.79 Å². The zero-order valence-electron chi connectivity index (χ0n) is 14.2. The van der Waals surface area contributed by atoms with E-state index in [-0.39, 0.29) is 11.3 Å². The standard InChI is InChI=1S/C22H19FO3/c23-21-15-17(16-24)7-12-22(21)26-14-4-13-25-20-10-8-19(9-11-20)18-5-2-1-3-6-18/h1-3,5-12,15-16H,4,13-14H2. The van der Waals surface area contributed by atoms with Gasteiger partial charge < -0.3 is 9.47 Å². The normalized spacial score (nSPS) is 10.3. The summed E-state index contributed by atoms with van der Waals surface area (Å²) in [6.45, 7) is 0.804. The van der Waals surface area contributed by atoms with Crippen LogP contribution < -0.4 is 9.47 Å². The van der Waals surface area contributed by atoms with Gasteiger partial charge in [-0.25, -0.2) is 4.39 Å². The molecular formula is C22H19FO3. The summed E-state index contributed by atoms with van der Waals surface area (Å²) in [4.78, 5) is 10.6. The van der Waals surface area contributed by atoms with Crippen LogP contribution >= 0.6 is 0 Å². The van der Waals surface area contributed by atoms with Gasteiger partial charge in [0.2, 0.25) is 0 Å². The average Bonchev–Trinajstić information content (AvgIpc) is 2.70. The molecule has 0 fully saturated rings. The van der Waals surface area contributed by atoms with Crippen LogP contribution in [0.4, 0.5) is 4.39 Å². The van der Waals surface area contributed by atoms with Crippen LogP contribution in [0.5, 0.6) is 11.5 Å². The van der Waals surface area contributed by atoms with Crippen molar-refractivity contribution < 1.29 is 18.7 Å². The van der Waals surface area contributed by atoms with Crippen LogP contribution in [0.15, 0.2) is 72.8 Å². The molecule has 0 heterocycles. The van der Waals surface area contributed by atoms with Crippen LogP contribution in [0, 0.1) is 5.82 Å². The molecule has 26 heavy (non-hydrogen) atoms. The largest absolute Gasteiger partial charge is 0.493 e. The summed E-state index contributed by atoms with van der Waals surface area (Å²) in [6.07, 6.45) is 1.22. The van der Waals surface area contributed by atoms with Crippen molar-refractivity contribution in [2.45, 2.75) is 6.42 Å². The molecule has 0 spiro atoms. The summed E-state index contributed by atoms with van der Waals surface area (Å²) < 4.78 is 24.7. The predicted octanol–water partition coefficient (Wildman–Crippen LogP) is 5.15. The molecule has 0 unspecified atom stereocenters. The van der Waals surface area contributed by atoms with Gasteiger partial charge in [-0.2, -0.15) is 0 Å². The van der Waals surface area contributed by atoms with Crippen molar-refractivity contribution in [1.29, 1.82) is 0 Å². The van der Waals surface area contributed by atoms with Gasteiger partial charge in [0.25, 0.3) is 0 Å². The van der Waals surface area contributed by atoms with E-state index in [0.717, 1.165) is 22.9 Å². The molecule has 3 rings (SSSR count). The van der Waals surface area contributed by atoms with E-state index in [4.69, 9.17) is 9.47 Å². The molecule has 0 N–H and O–H groups in total. The Morgan fingerprint density at radius 1 is 0.808 bits per heavy atom. The van der Waals surface area contributed by atoms with Gasteiger partial charge in [-0.05, 0) is 41.5 Å². The van der Waals surface area contributed by atoms with Crippen molar-refractivity contribution in [3.8, 4) is 22.6 Å². The highest BCUT2D eigenvalue weighted by atomic mass is 19.1. The number of hydrogen-bond donors (Lipinski definition) is 0. The molecule has 0 amide bonds. The Balaban J connectivity index is 1.43. The van der Waals surface area contributed by atoms with Crippen molar-refractivity contribution in [3.05, 3.63) is 84.2 Å². The maximum atomic E-state index is 13.7.